The van der Waals surface area contributed by atoms with Crippen LogP contribution >= 0.6 is 11.6 Å². The van der Waals surface area contributed by atoms with Gasteiger partial charge >= 0.3 is 0 Å². The minimum atomic E-state index is 0.426. The summed E-state index contributed by atoms with van der Waals surface area (Å²) >= 11 is 5.86. The van der Waals surface area contributed by atoms with E-state index in [0.29, 0.717) is 28.9 Å². The molecule has 2 unspecified atom stereocenters. The molecule has 0 amide bonds. The van der Waals surface area contributed by atoms with Crippen LogP contribution in [0.1, 0.15) is 23.5 Å². The number of piperidine rings is 1. The highest BCUT2D eigenvalue weighted by atomic mass is 35.5. The van der Waals surface area contributed by atoms with Gasteiger partial charge in [0.05, 0.1) is 18.1 Å². The van der Waals surface area contributed by atoms with Crippen LogP contribution in [0.15, 0.2) is 42.9 Å². The fourth-order valence-electron chi connectivity index (χ4n) is 4.82. The molecule has 3 aliphatic rings. The van der Waals surface area contributed by atoms with Crippen molar-refractivity contribution in [1.82, 2.24) is 40.0 Å². The van der Waals surface area contributed by atoms with Gasteiger partial charge in [0.2, 0.25) is 0 Å². The molecule has 0 aromatic carbocycles. The molecule has 7 rings (SSSR count). The van der Waals surface area contributed by atoms with E-state index in [1.165, 1.54) is 6.42 Å². The zero-order valence-electron chi connectivity index (χ0n) is 19.5. The highest BCUT2D eigenvalue weighted by molar-refractivity contribution is 6.29. The number of aromatic nitrogens is 7. The topological polar surface area (TPSA) is 112 Å². The van der Waals surface area contributed by atoms with Crippen molar-refractivity contribution in [2.75, 3.05) is 23.3 Å². The quantitative estimate of drug-likeness (QED) is 0.421. The molecule has 3 fully saturated rings. The fraction of sp³-hybridized carbons (Fsp3) is 0.333. The summed E-state index contributed by atoms with van der Waals surface area (Å²) in [6.07, 6.45) is 6.43. The van der Waals surface area contributed by atoms with Crippen LogP contribution in [0.4, 0.5) is 17.5 Å². The van der Waals surface area contributed by atoms with Gasteiger partial charge in [0.15, 0.2) is 11.6 Å². The Bertz CT molecular complexity index is 1330. The minimum Gasteiger partial charge on any atom is -0.353 e. The van der Waals surface area contributed by atoms with Crippen LogP contribution in [0, 0.1) is 13.8 Å². The van der Waals surface area contributed by atoms with E-state index in [2.05, 4.69) is 51.3 Å². The lowest BCUT2D eigenvalue weighted by atomic mass is 9.87. The summed E-state index contributed by atoms with van der Waals surface area (Å²) in [5.41, 5.74) is 3.68. The molecular weight excluding hydrogens is 464 g/mol. The van der Waals surface area contributed by atoms with Crippen molar-refractivity contribution in [2.24, 2.45) is 0 Å². The minimum absolute atomic E-state index is 0.426. The number of halogens is 1. The van der Waals surface area contributed by atoms with Gasteiger partial charge in [-0.25, -0.2) is 19.9 Å². The summed E-state index contributed by atoms with van der Waals surface area (Å²) in [6, 6.07) is 8.92. The average molecular weight is 489 g/mol. The molecule has 178 valence electrons. The number of nitrogens with one attached hydrogen (secondary N) is 2. The van der Waals surface area contributed by atoms with Crippen molar-refractivity contribution < 1.29 is 0 Å². The Labute approximate surface area is 207 Å². The standard InChI is InChI=1S/C24H25ClN10/c1-14-5-21(30-22-6-15(2)32-33-22)31-24(29-14)16-3-4-23(28-8-16)34-12-18-7-19(13-34)35(18)11-17-9-27-20(25)10-26-17/h3-6,8-10,18-19H,7,11-13H2,1-2H3,(H2,29,30,31,32,33). The first-order valence-corrected chi connectivity index (χ1v) is 12.0. The van der Waals surface area contributed by atoms with Gasteiger partial charge in [-0.1, -0.05) is 11.6 Å². The van der Waals surface area contributed by atoms with E-state index in [-0.39, 0.29) is 0 Å². The average Bonchev–Trinajstić information content (AvgIpc) is 3.27. The number of pyridine rings is 1. The lowest BCUT2D eigenvalue weighted by molar-refractivity contribution is -0.00976. The Morgan fingerprint density at radius 2 is 1.86 bits per heavy atom. The predicted molar refractivity (Wildman–Crippen MR) is 134 cm³/mol. The van der Waals surface area contributed by atoms with Crippen molar-refractivity contribution in [2.45, 2.75) is 38.9 Å². The van der Waals surface area contributed by atoms with Crippen LogP contribution in [0.5, 0.6) is 0 Å². The number of rotatable bonds is 6. The van der Waals surface area contributed by atoms with Crippen molar-refractivity contribution in [3.05, 3.63) is 65.1 Å². The second-order valence-corrected chi connectivity index (χ2v) is 9.52. The van der Waals surface area contributed by atoms with Crippen LogP contribution in [-0.2, 0) is 6.54 Å². The van der Waals surface area contributed by atoms with Crippen molar-refractivity contribution >= 4 is 29.1 Å². The van der Waals surface area contributed by atoms with E-state index in [1.807, 2.05) is 38.2 Å². The number of aromatic amines is 1. The zero-order valence-corrected chi connectivity index (χ0v) is 20.2. The van der Waals surface area contributed by atoms with Gasteiger partial charge in [-0.2, -0.15) is 5.10 Å². The Kier molecular flexibility index (Phi) is 5.54. The van der Waals surface area contributed by atoms with Crippen molar-refractivity contribution in [1.29, 1.82) is 0 Å². The van der Waals surface area contributed by atoms with Gasteiger partial charge in [0.1, 0.15) is 16.8 Å². The summed E-state index contributed by atoms with van der Waals surface area (Å²) < 4.78 is 0. The van der Waals surface area contributed by atoms with E-state index in [9.17, 15) is 0 Å². The largest absolute Gasteiger partial charge is 0.353 e. The lowest BCUT2D eigenvalue weighted by Gasteiger charge is -2.56. The molecule has 3 saturated heterocycles. The number of hydrogen-bond acceptors (Lipinski definition) is 9. The van der Waals surface area contributed by atoms with Gasteiger partial charge in [-0.3, -0.25) is 15.0 Å². The predicted octanol–water partition coefficient (Wildman–Crippen LogP) is 3.53. The molecular formula is C24H25ClN10. The summed E-state index contributed by atoms with van der Waals surface area (Å²) in [7, 11) is 0. The normalized spacial score (nSPS) is 19.5. The van der Waals surface area contributed by atoms with E-state index < -0.39 is 0 Å². The summed E-state index contributed by atoms with van der Waals surface area (Å²) in [6.45, 7) is 6.61. The van der Waals surface area contributed by atoms with Gasteiger partial charge < -0.3 is 10.2 Å². The van der Waals surface area contributed by atoms with Crippen LogP contribution < -0.4 is 10.2 Å². The maximum Gasteiger partial charge on any atom is 0.163 e. The van der Waals surface area contributed by atoms with Crippen LogP contribution in [0.2, 0.25) is 5.15 Å². The number of hydrogen-bond donors (Lipinski definition) is 2. The maximum absolute atomic E-state index is 5.86. The molecule has 10 nitrogen and oxygen atoms in total. The Balaban J connectivity index is 1.13. The molecule has 2 bridgehead atoms. The van der Waals surface area contributed by atoms with E-state index >= 15 is 0 Å². The van der Waals surface area contributed by atoms with E-state index in [4.69, 9.17) is 16.6 Å². The molecule has 0 aliphatic carbocycles. The number of nitrogens with zero attached hydrogens (tertiary/aromatic N) is 8. The van der Waals surface area contributed by atoms with Crippen LogP contribution in [-0.4, -0.2) is 65.2 Å². The molecule has 2 atom stereocenters. The van der Waals surface area contributed by atoms with Gasteiger partial charge in [0.25, 0.3) is 0 Å². The number of aryl methyl sites for hydroxylation is 2. The van der Waals surface area contributed by atoms with Crippen molar-refractivity contribution in [3.63, 3.8) is 0 Å². The Morgan fingerprint density at radius 3 is 2.54 bits per heavy atom. The zero-order chi connectivity index (χ0) is 23.9. The van der Waals surface area contributed by atoms with Gasteiger partial charge in [-0.05, 0) is 32.4 Å². The second-order valence-electron chi connectivity index (χ2n) is 9.14. The maximum atomic E-state index is 5.86. The molecule has 2 N–H and O–H groups in total. The third kappa shape index (κ3) is 4.54. The third-order valence-corrected chi connectivity index (χ3v) is 6.70. The second kappa shape index (κ2) is 8.86. The summed E-state index contributed by atoms with van der Waals surface area (Å²) in [5.74, 6) is 3.04. The third-order valence-electron chi connectivity index (χ3n) is 6.51. The smallest absolute Gasteiger partial charge is 0.163 e. The first-order chi connectivity index (χ1) is 17.0. The lowest BCUT2D eigenvalue weighted by Crippen LogP contribution is -2.68. The number of anilines is 3. The van der Waals surface area contributed by atoms with Crippen LogP contribution in [0.25, 0.3) is 11.4 Å². The summed E-state index contributed by atoms with van der Waals surface area (Å²) in [5, 5.41) is 10.8. The number of piperazine rings is 1. The van der Waals surface area contributed by atoms with Crippen LogP contribution in [0.3, 0.4) is 0 Å². The molecule has 35 heavy (non-hydrogen) atoms. The SMILES string of the molecule is Cc1cc(Nc2cc(C)[nH]n2)nc(-c2ccc(N3CC4CC(C3)N4Cc3cnc(Cl)cn3)nc2)n1. The first-order valence-electron chi connectivity index (χ1n) is 11.6. The highest BCUT2D eigenvalue weighted by Gasteiger charge is 2.44. The highest BCUT2D eigenvalue weighted by Crippen LogP contribution is 2.35. The monoisotopic (exact) mass is 488 g/mol. The molecule has 11 heteroatoms. The Morgan fingerprint density at radius 1 is 1.00 bits per heavy atom. The van der Waals surface area contributed by atoms with E-state index in [0.717, 1.165) is 53.9 Å². The fourth-order valence-corrected chi connectivity index (χ4v) is 4.92. The molecule has 4 aromatic heterocycles. The Hall–Kier alpha value is -3.63. The van der Waals surface area contributed by atoms with Crippen molar-refractivity contribution in [3.8, 4) is 11.4 Å². The number of fused-ring (bicyclic) bond motifs is 2. The van der Waals surface area contributed by atoms with Gasteiger partial charge in [-0.15, -0.1) is 0 Å². The number of H-pyrrole nitrogens is 1. The first kappa shape index (κ1) is 21.9. The molecule has 3 aliphatic heterocycles. The molecule has 7 heterocycles. The molecule has 0 saturated carbocycles. The molecule has 0 radical (unpaired) electrons. The summed E-state index contributed by atoms with van der Waals surface area (Å²) in [4.78, 5) is 27.4. The van der Waals surface area contributed by atoms with E-state index in [1.54, 1.807) is 12.4 Å². The van der Waals surface area contributed by atoms with Gasteiger partial charge in [0, 0.05) is 67.0 Å². The molecule has 4 aromatic rings. The molecule has 0 spiro atoms.